The first kappa shape index (κ1) is 14.9. The van der Waals surface area contributed by atoms with Crippen LogP contribution in [0, 0.1) is 10.1 Å². The Bertz CT molecular complexity index is 1070. The molecule has 1 aliphatic rings. The van der Waals surface area contributed by atoms with Crippen LogP contribution in [0.4, 0.5) is 5.69 Å². The van der Waals surface area contributed by atoms with Gasteiger partial charge in [0, 0.05) is 6.21 Å². The summed E-state index contributed by atoms with van der Waals surface area (Å²) in [5.74, 6) is -0.688. The van der Waals surface area contributed by atoms with E-state index in [9.17, 15) is 14.9 Å². The largest absolute Gasteiger partial charge is 0.465 e. The van der Waals surface area contributed by atoms with Crippen LogP contribution in [0.15, 0.2) is 35.3 Å². The van der Waals surface area contributed by atoms with Crippen molar-refractivity contribution in [3.05, 3.63) is 57.1 Å². The molecule has 2 heterocycles. The highest BCUT2D eigenvalue weighted by molar-refractivity contribution is 6.02. The SMILES string of the molecule is COC(=O)c1cc2c(c([N+](=O)[O-])c1-n1nnc3ccccc31)C=NC2. The summed E-state index contributed by atoms with van der Waals surface area (Å²) in [7, 11) is 1.22. The summed E-state index contributed by atoms with van der Waals surface area (Å²) in [6.07, 6.45) is 1.44. The number of para-hydroxylation sites is 1. The maximum Gasteiger partial charge on any atom is 0.340 e. The van der Waals surface area contributed by atoms with Gasteiger partial charge in [0.25, 0.3) is 0 Å². The van der Waals surface area contributed by atoms with Crippen molar-refractivity contribution in [2.24, 2.45) is 4.99 Å². The maximum atomic E-state index is 12.3. The molecule has 3 aromatic rings. The van der Waals surface area contributed by atoms with Crippen molar-refractivity contribution in [3.8, 4) is 5.69 Å². The fraction of sp³-hybridized carbons (Fsp3) is 0.125. The van der Waals surface area contributed by atoms with E-state index in [2.05, 4.69) is 15.3 Å². The molecule has 0 amide bonds. The Hall–Kier alpha value is -3.62. The molecule has 124 valence electrons. The van der Waals surface area contributed by atoms with Gasteiger partial charge in [-0.15, -0.1) is 5.10 Å². The average molecular weight is 337 g/mol. The standard InChI is InChI=1S/C16H11N5O4/c1-25-16(22)10-6-9-7-17-8-11(9)15(21(23)24)14(10)20-13-5-3-2-4-12(13)18-19-20/h2-6,8H,7H2,1H3. The molecule has 0 atom stereocenters. The Balaban J connectivity index is 2.14. The number of nitro groups is 1. The van der Waals surface area contributed by atoms with Gasteiger partial charge >= 0.3 is 11.7 Å². The summed E-state index contributed by atoms with van der Waals surface area (Å²) in [5.41, 5.74) is 1.90. The van der Waals surface area contributed by atoms with Gasteiger partial charge in [0.15, 0.2) is 5.69 Å². The van der Waals surface area contributed by atoms with E-state index >= 15 is 0 Å². The number of benzene rings is 2. The lowest BCUT2D eigenvalue weighted by atomic mass is 10.0. The van der Waals surface area contributed by atoms with Crippen molar-refractivity contribution in [1.82, 2.24) is 15.0 Å². The van der Waals surface area contributed by atoms with Crippen molar-refractivity contribution in [1.29, 1.82) is 0 Å². The first-order chi connectivity index (χ1) is 12.1. The van der Waals surface area contributed by atoms with Crippen molar-refractivity contribution in [2.75, 3.05) is 7.11 Å². The number of nitrogens with zero attached hydrogens (tertiary/aromatic N) is 5. The highest BCUT2D eigenvalue weighted by atomic mass is 16.6. The predicted octanol–water partition coefficient (Wildman–Crippen LogP) is 2.05. The molecular formula is C16H11N5O4. The van der Waals surface area contributed by atoms with Crippen LogP contribution in [-0.4, -0.2) is 39.2 Å². The highest BCUT2D eigenvalue weighted by Crippen LogP contribution is 2.36. The van der Waals surface area contributed by atoms with E-state index in [0.29, 0.717) is 22.2 Å². The smallest absolute Gasteiger partial charge is 0.340 e. The lowest BCUT2D eigenvalue weighted by Crippen LogP contribution is -2.14. The van der Waals surface area contributed by atoms with Crippen LogP contribution in [-0.2, 0) is 11.3 Å². The Morgan fingerprint density at radius 3 is 2.92 bits per heavy atom. The van der Waals surface area contributed by atoms with E-state index in [4.69, 9.17) is 4.74 Å². The summed E-state index contributed by atoms with van der Waals surface area (Å²) in [6.45, 7) is 0.276. The number of carbonyl (C=O) groups is 1. The van der Waals surface area contributed by atoms with Crippen molar-refractivity contribution in [3.63, 3.8) is 0 Å². The number of hydrogen-bond donors (Lipinski definition) is 0. The first-order valence-electron chi connectivity index (χ1n) is 7.35. The van der Waals surface area contributed by atoms with Gasteiger partial charge in [0.2, 0.25) is 0 Å². The molecule has 9 nitrogen and oxygen atoms in total. The summed E-state index contributed by atoms with van der Waals surface area (Å²) in [5, 5.41) is 19.8. The number of esters is 1. The lowest BCUT2D eigenvalue weighted by Gasteiger charge is -2.12. The third-order valence-corrected chi connectivity index (χ3v) is 4.03. The molecule has 0 bridgehead atoms. The molecule has 0 aliphatic carbocycles. The van der Waals surface area contributed by atoms with Gasteiger partial charge in [-0.1, -0.05) is 17.3 Å². The number of aromatic nitrogens is 3. The Kier molecular flexibility index (Phi) is 3.27. The summed E-state index contributed by atoms with van der Waals surface area (Å²) in [6, 6.07) is 8.57. The number of carbonyl (C=O) groups excluding carboxylic acids is 1. The molecule has 9 heteroatoms. The number of rotatable bonds is 3. The van der Waals surface area contributed by atoms with E-state index in [1.807, 2.05) is 0 Å². The second-order valence-corrected chi connectivity index (χ2v) is 5.40. The molecule has 1 aliphatic heterocycles. The van der Waals surface area contributed by atoms with E-state index in [1.54, 1.807) is 30.3 Å². The molecule has 4 rings (SSSR count). The number of nitro benzene ring substituents is 1. The summed E-state index contributed by atoms with van der Waals surface area (Å²) < 4.78 is 6.12. The zero-order valence-electron chi connectivity index (χ0n) is 13.0. The van der Waals surface area contributed by atoms with Crippen LogP contribution in [0.1, 0.15) is 21.5 Å². The molecule has 1 aromatic heterocycles. The quantitative estimate of drug-likeness (QED) is 0.411. The Morgan fingerprint density at radius 2 is 2.16 bits per heavy atom. The fourth-order valence-corrected chi connectivity index (χ4v) is 2.94. The summed E-state index contributed by atoms with van der Waals surface area (Å²) in [4.78, 5) is 27.6. The summed E-state index contributed by atoms with van der Waals surface area (Å²) >= 11 is 0. The van der Waals surface area contributed by atoms with Gasteiger partial charge in [0.05, 0.1) is 35.2 Å². The molecule has 0 unspecified atom stereocenters. The molecule has 0 saturated carbocycles. The van der Waals surface area contributed by atoms with Crippen LogP contribution in [0.25, 0.3) is 16.7 Å². The van der Waals surface area contributed by atoms with Gasteiger partial charge in [0.1, 0.15) is 5.52 Å². The zero-order valence-corrected chi connectivity index (χ0v) is 13.0. The van der Waals surface area contributed by atoms with Gasteiger partial charge in [-0.05, 0) is 23.8 Å². The van der Waals surface area contributed by atoms with Crippen molar-refractivity contribution < 1.29 is 14.5 Å². The number of fused-ring (bicyclic) bond motifs is 2. The number of ether oxygens (including phenoxy) is 1. The van der Waals surface area contributed by atoms with E-state index in [1.165, 1.54) is 18.0 Å². The molecule has 0 N–H and O–H groups in total. The normalized spacial score (nSPS) is 12.4. The van der Waals surface area contributed by atoms with Crippen LogP contribution in [0.3, 0.4) is 0 Å². The molecule has 2 aromatic carbocycles. The van der Waals surface area contributed by atoms with Gasteiger partial charge in [-0.3, -0.25) is 15.1 Å². The predicted molar refractivity (Wildman–Crippen MR) is 88.2 cm³/mol. The Morgan fingerprint density at radius 1 is 1.36 bits per heavy atom. The van der Waals surface area contributed by atoms with Crippen molar-refractivity contribution >= 4 is 28.9 Å². The third-order valence-electron chi connectivity index (χ3n) is 4.03. The zero-order chi connectivity index (χ0) is 17.6. The minimum absolute atomic E-state index is 0.0256. The average Bonchev–Trinajstić information content (AvgIpc) is 3.25. The number of hydrogen-bond acceptors (Lipinski definition) is 7. The fourth-order valence-electron chi connectivity index (χ4n) is 2.94. The molecule has 0 saturated heterocycles. The molecule has 0 spiro atoms. The minimum atomic E-state index is -0.688. The number of methoxy groups -OCH3 is 1. The van der Waals surface area contributed by atoms with E-state index in [-0.39, 0.29) is 23.5 Å². The maximum absolute atomic E-state index is 12.3. The topological polar surface area (TPSA) is 113 Å². The third kappa shape index (κ3) is 2.17. The minimum Gasteiger partial charge on any atom is -0.465 e. The van der Waals surface area contributed by atoms with Crippen molar-refractivity contribution in [2.45, 2.75) is 6.54 Å². The molecule has 0 fully saturated rings. The van der Waals surface area contributed by atoms with Gasteiger partial charge < -0.3 is 4.74 Å². The highest BCUT2D eigenvalue weighted by Gasteiger charge is 2.33. The molecule has 25 heavy (non-hydrogen) atoms. The first-order valence-corrected chi connectivity index (χ1v) is 7.35. The van der Waals surface area contributed by atoms with Crippen LogP contribution in [0.2, 0.25) is 0 Å². The lowest BCUT2D eigenvalue weighted by molar-refractivity contribution is -0.384. The molecule has 0 radical (unpaired) electrons. The Labute approximate surface area is 140 Å². The second kappa shape index (κ2) is 5.48. The molecular weight excluding hydrogens is 326 g/mol. The number of aliphatic imine (C=N–C) groups is 1. The monoisotopic (exact) mass is 337 g/mol. The van der Waals surface area contributed by atoms with Crippen LogP contribution in [0.5, 0.6) is 0 Å². The van der Waals surface area contributed by atoms with E-state index in [0.717, 1.165) is 0 Å². The van der Waals surface area contributed by atoms with Gasteiger partial charge in [-0.25, -0.2) is 9.48 Å². The van der Waals surface area contributed by atoms with Crippen LogP contribution >= 0.6 is 0 Å². The second-order valence-electron chi connectivity index (χ2n) is 5.40. The van der Waals surface area contributed by atoms with Crippen LogP contribution < -0.4 is 0 Å². The van der Waals surface area contributed by atoms with Gasteiger partial charge in [-0.2, -0.15) is 0 Å². The van der Waals surface area contributed by atoms with E-state index < -0.39 is 10.9 Å².